The van der Waals surface area contributed by atoms with E-state index in [-0.39, 0.29) is 12.3 Å². The second kappa shape index (κ2) is 6.11. The zero-order valence-corrected chi connectivity index (χ0v) is 11.7. The number of alkyl halides is 3. The largest absolute Gasteiger partial charge is 0.408 e. The molecule has 0 aromatic rings. The SMILES string of the molecule is CC(C)(C)CC(NC(=O)C1CCNCC1)C(F)(F)F. The van der Waals surface area contributed by atoms with E-state index in [2.05, 4.69) is 10.6 Å². The van der Waals surface area contributed by atoms with E-state index in [1.807, 2.05) is 0 Å². The molecule has 0 saturated carbocycles. The molecule has 6 heteroatoms. The molecular weight excluding hydrogens is 257 g/mol. The molecule has 1 heterocycles. The van der Waals surface area contributed by atoms with Gasteiger partial charge >= 0.3 is 6.18 Å². The second-order valence-electron chi connectivity index (χ2n) is 6.39. The molecular formula is C13H23F3N2O. The van der Waals surface area contributed by atoms with E-state index < -0.39 is 23.5 Å². The summed E-state index contributed by atoms with van der Waals surface area (Å²) in [5.41, 5.74) is -0.485. The molecule has 1 amide bonds. The minimum absolute atomic E-state index is 0.104. The first-order chi connectivity index (χ1) is 8.59. The molecule has 2 N–H and O–H groups in total. The van der Waals surface area contributed by atoms with Gasteiger partial charge in [0.2, 0.25) is 5.91 Å². The van der Waals surface area contributed by atoms with Crippen LogP contribution in [0.15, 0.2) is 0 Å². The zero-order chi connectivity index (χ0) is 14.7. The Hall–Kier alpha value is -0.780. The van der Waals surface area contributed by atoms with Gasteiger partial charge in [-0.25, -0.2) is 0 Å². The van der Waals surface area contributed by atoms with Gasteiger partial charge in [-0.1, -0.05) is 20.8 Å². The van der Waals surface area contributed by atoms with Crippen molar-refractivity contribution >= 4 is 5.91 Å². The molecule has 1 atom stereocenters. The Morgan fingerprint density at radius 1 is 1.26 bits per heavy atom. The van der Waals surface area contributed by atoms with Crippen LogP contribution >= 0.6 is 0 Å². The van der Waals surface area contributed by atoms with E-state index in [4.69, 9.17) is 0 Å². The predicted molar refractivity (Wildman–Crippen MR) is 67.7 cm³/mol. The third kappa shape index (κ3) is 5.80. The molecule has 1 fully saturated rings. The summed E-state index contributed by atoms with van der Waals surface area (Å²) in [6.45, 7) is 6.59. The summed E-state index contributed by atoms with van der Waals surface area (Å²) in [5, 5.41) is 5.28. The van der Waals surface area contributed by atoms with Crippen molar-refractivity contribution in [2.45, 2.75) is 52.3 Å². The Balaban J connectivity index is 2.63. The Labute approximate surface area is 112 Å². The third-order valence-corrected chi connectivity index (χ3v) is 3.24. The van der Waals surface area contributed by atoms with Crippen LogP contribution in [0.4, 0.5) is 13.2 Å². The summed E-state index contributed by atoms with van der Waals surface area (Å²) in [7, 11) is 0. The van der Waals surface area contributed by atoms with Gasteiger partial charge in [-0.05, 0) is 37.8 Å². The molecule has 1 unspecified atom stereocenters. The maximum absolute atomic E-state index is 13.0. The molecule has 3 nitrogen and oxygen atoms in total. The average molecular weight is 280 g/mol. The van der Waals surface area contributed by atoms with Crippen LogP contribution in [0.3, 0.4) is 0 Å². The Morgan fingerprint density at radius 3 is 2.21 bits per heavy atom. The smallest absolute Gasteiger partial charge is 0.344 e. The van der Waals surface area contributed by atoms with Gasteiger partial charge in [-0.3, -0.25) is 4.79 Å². The van der Waals surface area contributed by atoms with Gasteiger partial charge in [0.05, 0.1) is 0 Å². The summed E-state index contributed by atoms with van der Waals surface area (Å²) < 4.78 is 38.9. The second-order valence-corrected chi connectivity index (χ2v) is 6.39. The van der Waals surface area contributed by atoms with Gasteiger partial charge < -0.3 is 10.6 Å². The normalized spacial score (nSPS) is 20.1. The number of rotatable bonds is 3. The van der Waals surface area contributed by atoms with Crippen LogP contribution in [0.5, 0.6) is 0 Å². The molecule has 0 aliphatic carbocycles. The molecule has 1 aliphatic heterocycles. The van der Waals surface area contributed by atoms with Crippen LogP contribution in [-0.4, -0.2) is 31.2 Å². The highest BCUT2D eigenvalue weighted by Gasteiger charge is 2.43. The molecule has 1 saturated heterocycles. The molecule has 19 heavy (non-hydrogen) atoms. The van der Waals surface area contributed by atoms with Crippen molar-refractivity contribution in [1.29, 1.82) is 0 Å². The molecule has 0 bridgehead atoms. The van der Waals surface area contributed by atoms with Crippen molar-refractivity contribution in [3.63, 3.8) is 0 Å². The van der Waals surface area contributed by atoms with Gasteiger partial charge in [-0.15, -0.1) is 0 Å². The summed E-state index contributed by atoms with van der Waals surface area (Å²) in [4.78, 5) is 11.9. The van der Waals surface area contributed by atoms with Gasteiger partial charge in [-0.2, -0.15) is 13.2 Å². The lowest BCUT2D eigenvalue weighted by Gasteiger charge is -2.30. The quantitative estimate of drug-likeness (QED) is 0.834. The number of nitrogens with one attached hydrogen (secondary N) is 2. The standard InChI is InChI=1S/C13H23F3N2O/c1-12(2,3)8-10(13(14,15)16)18-11(19)9-4-6-17-7-5-9/h9-10,17H,4-8H2,1-3H3,(H,18,19). The van der Waals surface area contributed by atoms with Gasteiger partial charge in [0.1, 0.15) is 6.04 Å². The van der Waals surface area contributed by atoms with E-state index in [9.17, 15) is 18.0 Å². The third-order valence-electron chi connectivity index (χ3n) is 3.24. The fourth-order valence-corrected chi connectivity index (χ4v) is 2.23. The highest BCUT2D eigenvalue weighted by Crippen LogP contribution is 2.31. The number of hydrogen-bond donors (Lipinski definition) is 2. The minimum atomic E-state index is -4.39. The molecule has 112 valence electrons. The number of carbonyl (C=O) groups is 1. The minimum Gasteiger partial charge on any atom is -0.344 e. The van der Waals surface area contributed by atoms with Gasteiger partial charge in [0.15, 0.2) is 0 Å². The van der Waals surface area contributed by atoms with E-state index in [0.29, 0.717) is 25.9 Å². The monoisotopic (exact) mass is 280 g/mol. The average Bonchev–Trinajstić information content (AvgIpc) is 2.26. The lowest BCUT2D eigenvalue weighted by molar-refractivity contribution is -0.168. The van der Waals surface area contributed by atoms with Crippen molar-refractivity contribution in [3.8, 4) is 0 Å². The zero-order valence-electron chi connectivity index (χ0n) is 11.7. The maximum atomic E-state index is 13.0. The highest BCUT2D eigenvalue weighted by atomic mass is 19.4. The molecule has 0 aromatic carbocycles. The number of hydrogen-bond acceptors (Lipinski definition) is 2. The van der Waals surface area contributed by atoms with Crippen molar-refractivity contribution in [3.05, 3.63) is 0 Å². The van der Waals surface area contributed by atoms with E-state index >= 15 is 0 Å². The molecule has 0 radical (unpaired) electrons. The van der Waals surface area contributed by atoms with Gasteiger partial charge in [0, 0.05) is 5.92 Å². The topological polar surface area (TPSA) is 41.1 Å². The van der Waals surface area contributed by atoms with Crippen molar-refractivity contribution in [1.82, 2.24) is 10.6 Å². The van der Waals surface area contributed by atoms with Crippen LogP contribution in [0.1, 0.15) is 40.0 Å². The number of amides is 1. The highest BCUT2D eigenvalue weighted by molar-refractivity contribution is 5.79. The van der Waals surface area contributed by atoms with Crippen molar-refractivity contribution in [2.75, 3.05) is 13.1 Å². The summed E-state index contributed by atoms with van der Waals surface area (Å²) in [6.07, 6.45) is -3.29. The predicted octanol–water partition coefficient (Wildman–Crippen LogP) is 2.47. The number of carbonyl (C=O) groups excluding carboxylic acids is 1. The number of halogens is 3. The van der Waals surface area contributed by atoms with E-state index in [0.717, 1.165) is 0 Å². The van der Waals surface area contributed by atoms with Crippen LogP contribution in [-0.2, 0) is 4.79 Å². The summed E-state index contributed by atoms with van der Waals surface area (Å²) >= 11 is 0. The first kappa shape index (κ1) is 16.3. The fourth-order valence-electron chi connectivity index (χ4n) is 2.23. The molecule has 0 aromatic heterocycles. The Bertz CT molecular complexity index is 304. The number of piperidine rings is 1. The first-order valence-electron chi connectivity index (χ1n) is 6.67. The summed E-state index contributed by atoms with van der Waals surface area (Å²) in [6, 6.07) is -1.75. The van der Waals surface area contributed by atoms with Crippen LogP contribution in [0.25, 0.3) is 0 Å². The van der Waals surface area contributed by atoms with Crippen molar-refractivity contribution < 1.29 is 18.0 Å². The molecule has 1 aliphatic rings. The van der Waals surface area contributed by atoms with Crippen LogP contribution in [0, 0.1) is 11.3 Å². The van der Waals surface area contributed by atoms with Crippen LogP contribution in [0.2, 0.25) is 0 Å². The fraction of sp³-hybridized carbons (Fsp3) is 0.923. The Kier molecular flexibility index (Phi) is 5.24. The molecule has 1 rings (SSSR count). The lowest BCUT2D eigenvalue weighted by Crippen LogP contribution is -2.50. The van der Waals surface area contributed by atoms with Gasteiger partial charge in [0.25, 0.3) is 0 Å². The van der Waals surface area contributed by atoms with Crippen molar-refractivity contribution in [2.24, 2.45) is 11.3 Å². The first-order valence-corrected chi connectivity index (χ1v) is 6.67. The maximum Gasteiger partial charge on any atom is 0.408 e. The summed E-state index contributed by atoms with van der Waals surface area (Å²) in [5.74, 6) is -0.765. The van der Waals surface area contributed by atoms with E-state index in [1.165, 1.54) is 0 Å². The Morgan fingerprint density at radius 2 is 1.79 bits per heavy atom. The van der Waals surface area contributed by atoms with E-state index in [1.54, 1.807) is 20.8 Å². The van der Waals surface area contributed by atoms with Crippen LogP contribution < -0.4 is 10.6 Å². The molecule has 0 spiro atoms. The lowest BCUT2D eigenvalue weighted by atomic mass is 9.87.